The van der Waals surface area contributed by atoms with Gasteiger partial charge in [-0.3, -0.25) is 9.69 Å². The summed E-state index contributed by atoms with van der Waals surface area (Å²) >= 11 is 0. The monoisotopic (exact) mass is 384 g/mol. The summed E-state index contributed by atoms with van der Waals surface area (Å²) in [6.45, 7) is 2.00. The van der Waals surface area contributed by atoms with Gasteiger partial charge in [0.2, 0.25) is 0 Å². The molecule has 0 spiro atoms. The van der Waals surface area contributed by atoms with E-state index in [1.54, 1.807) is 42.4 Å². The van der Waals surface area contributed by atoms with Crippen molar-refractivity contribution in [2.24, 2.45) is 4.99 Å². The fourth-order valence-corrected chi connectivity index (χ4v) is 3.19. The van der Waals surface area contributed by atoms with Gasteiger partial charge in [-0.1, -0.05) is 35.9 Å². The average Bonchev–Trinajstić information content (AvgIpc) is 3.05. The lowest BCUT2D eigenvalue weighted by atomic mass is 10.1. The summed E-state index contributed by atoms with van der Waals surface area (Å²) in [6.07, 6.45) is 1.76. The SMILES string of the molecule is COc1ccc(/C=C2/N=C(c3cccc(C)c3)N(c3ccc(O)cc3)C2=O)cc1. The van der Waals surface area contributed by atoms with Gasteiger partial charge in [0.1, 0.15) is 23.0 Å². The van der Waals surface area contributed by atoms with Gasteiger partial charge in [-0.05, 0) is 61.0 Å². The molecule has 3 aromatic rings. The summed E-state index contributed by atoms with van der Waals surface area (Å²) in [4.78, 5) is 19.5. The summed E-state index contributed by atoms with van der Waals surface area (Å²) in [6, 6.07) is 21.8. The number of rotatable bonds is 4. The lowest BCUT2D eigenvalue weighted by Gasteiger charge is -2.18. The third kappa shape index (κ3) is 3.75. The molecule has 0 saturated carbocycles. The molecule has 0 unspecified atom stereocenters. The van der Waals surface area contributed by atoms with Crippen LogP contribution in [0.2, 0.25) is 0 Å². The third-order valence-corrected chi connectivity index (χ3v) is 4.66. The summed E-state index contributed by atoms with van der Waals surface area (Å²) in [5.41, 5.74) is 3.78. The van der Waals surface area contributed by atoms with Crippen LogP contribution >= 0.6 is 0 Å². The van der Waals surface area contributed by atoms with Crippen LogP contribution in [-0.4, -0.2) is 24.0 Å². The van der Waals surface area contributed by atoms with Crippen LogP contribution in [0, 0.1) is 6.92 Å². The van der Waals surface area contributed by atoms with Crippen molar-refractivity contribution in [1.29, 1.82) is 0 Å². The molecule has 1 heterocycles. The first-order chi connectivity index (χ1) is 14.0. The molecule has 1 N–H and O–H groups in total. The average molecular weight is 384 g/mol. The van der Waals surface area contributed by atoms with Crippen LogP contribution in [0.25, 0.3) is 6.08 Å². The van der Waals surface area contributed by atoms with Crippen LogP contribution in [0.1, 0.15) is 16.7 Å². The molecule has 1 aliphatic heterocycles. The van der Waals surface area contributed by atoms with E-state index in [-0.39, 0.29) is 11.7 Å². The second-order valence-electron chi connectivity index (χ2n) is 6.76. The van der Waals surface area contributed by atoms with E-state index < -0.39 is 0 Å². The number of nitrogens with zero attached hydrogens (tertiary/aromatic N) is 2. The number of hydrogen-bond acceptors (Lipinski definition) is 4. The van der Waals surface area contributed by atoms with Crippen LogP contribution in [0.5, 0.6) is 11.5 Å². The number of anilines is 1. The van der Waals surface area contributed by atoms with E-state index in [0.29, 0.717) is 17.2 Å². The molecule has 5 heteroatoms. The van der Waals surface area contributed by atoms with Crippen LogP contribution in [0.15, 0.2) is 83.5 Å². The number of aryl methyl sites for hydroxylation is 1. The molecule has 0 fully saturated rings. The highest BCUT2D eigenvalue weighted by molar-refractivity contribution is 6.33. The number of methoxy groups -OCH3 is 1. The predicted octanol–water partition coefficient (Wildman–Crippen LogP) is 4.54. The lowest BCUT2D eigenvalue weighted by molar-refractivity contribution is -0.113. The number of phenolic OH excluding ortho intramolecular Hbond substituents is 1. The Morgan fingerprint density at radius 2 is 1.72 bits per heavy atom. The van der Waals surface area contributed by atoms with Crippen molar-refractivity contribution in [3.8, 4) is 11.5 Å². The van der Waals surface area contributed by atoms with Gasteiger partial charge < -0.3 is 9.84 Å². The Balaban J connectivity index is 1.80. The van der Waals surface area contributed by atoms with Gasteiger partial charge in [-0.25, -0.2) is 4.99 Å². The molecule has 144 valence electrons. The van der Waals surface area contributed by atoms with Gasteiger partial charge >= 0.3 is 0 Å². The molecular weight excluding hydrogens is 364 g/mol. The minimum atomic E-state index is -0.219. The summed E-state index contributed by atoms with van der Waals surface area (Å²) in [5.74, 6) is 1.23. The van der Waals surface area contributed by atoms with Crippen LogP contribution in [-0.2, 0) is 4.79 Å². The van der Waals surface area contributed by atoms with Crippen molar-refractivity contribution >= 4 is 23.5 Å². The van der Waals surface area contributed by atoms with Gasteiger partial charge in [0, 0.05) is 5.56 Å². The van der Waals surface area contributed by atoms with Gasteiger partial charge in [0.05, 0.1) is 12.8 Å². The van der Waals surface area contributed by atoms with Crippen LogP contribution < -0.4 is 9.64 Å². The molecule has 4 rings (SSSR count). The van der Waals surface area contributed by atoms with Gasteiger partial charge in [-0.15, -0.1) is 0 Å². The number of ether oxygens (including phenoxy) is 1. The highest BCUT2D eigenvalue weighted by atomic mass is 16.5. The van der Waals surface area contributed by atoms with Gasteiger partial charge in [0.15, 0.2) is 0 Å². The highest BCUT2D eigenvalue weighted by Crippen LogP contribution is 2.29. The largest absolute Gasteiger partial charge is 0.508 e. The topological polar surface area (TPSA) is 62.1 Å². The van der Waals surface area contributed by atoms with Crippen molar-refractivity contribution in [1.82, 2.24) is 0 Å². The van der Waals surface area contributed by atoms with Crippen molar-refractivity contribution in [2.45, 2.75) is 6.92 Å². The number of carbonyl (C=O) groups is 1. The predicted molar refractivity (Wildman–Crippen MR) is 114 cm³/mol. The van der Waals surface area contributed by atoms with E-state index in [9.17, 15) is 9.90 Å². The normalized spacial score (nSPS) is 15.0. The Bertz CT molecular complexity index is 1110. The standard InChI is InChI=1S/C24H20N2O3/c1-16-4-3-5-18(14-16)23-25-22(15-17-6-12-21(29-2)13-7-17)24(28)26(23)19-8-10-20(27)11-9-19/h3-15,27H,1-2H3/b22-15+. The quantitative estimate of drug-likeness (QED) is 0.672. The lowest BCUT2D eigenvalue weighted by Crippen LogP contribution is -2.32. The Morgan fingerprint density at radius 3 is 2.38 bits per heavy atom. The molecule has 0 saturated heterocycles. The molecule has 0 aromatic heterocycles. The van der Waals surface area contributed by atoms with Gasteiger partial charge in [0.25, 0.3) is 5.91 Å². The summed E-state index contributed by atoms with van der Waals surface area (Å²) in [7, 11) is 1.61. The van der Waals surface area contributed by atoms with E-state index in [1.807, 2.05) is 55.5 Å². The van der Waals surface area contributed by atoms with Crippen LogP contribution in [0.4, 0.5) is 5.69 Å². The van der Waals surface area contributed by atoms with E-state index in [2.05, 4.69) is 4.99 Å². The molecule has 3 aromatic carbocycles. The highest BCUT2D eigenvalue weighted by Gasteiger charge is 2.32. The number of aromatic hydroxyl groups is 1. The molecule has 5 nitrogen and oxygen atoms in total. The first-order valence-corrected chi connectivity index (χ1v) is 9.20. The molecule has 0 aliphatic carbocycles. The van der Waals surface area contributed by atoms with Crippen LogP contribution in [0.3, 0.4) is 0 Å². The van der Waals surface area contributed by atoms with E-state index in [1.165, 1.54) is 0 Å². The number of amidine groups is 1. The van der Waals surface area contributed by atoms with Crippen molar-refractivity contribution in [3.05, 3.63) is 95.2 Å². The molecule has 1 amide bonds. The fraction of sp³-hybridized carbons (Fsp3) is 0.0833. The Labute approximate surface area is 169 Å². The van der Waals surface area contributed by atoms with E-state index >= 15 is 0 Å². The number of hydrogen-bond donors (Lipinski definition) is 1. The first kappa shape index (κ1) is 18.5. The third-order valence-electron chi connectivity index (χ3n) is 4.66. The number of benzene rings is 3. The number of aliphatic imine (C=N–C) groups is 1. The zero-order chi connectivity index (χ0) is 20.4. The number of amides is 1. The smallest absolute Gasteiger partial charge is 0.282 e. The molecule has 29 heavy (non-hydrogen) atoms. The molecule has 0 bridgehead atoms. The maximum atomic E-state index is 13.2. The molecule has 1 aliphatic rings. The molecule has 0 atom stereocenters. The maximum absolute atomic E-state index is 13.2. The second-order valence-corrected chi connectivity index (χ2v) is 6.76. The van der Waals surface area contributed by atoms with Crippen molar-refractivity contribution in [3.63, 3.8) is 0 Å². The number of carbonyl (C=O) groups excluding carboxylic acids is 1. The van der Waals surface area contributed by atoms with Crippen molar-refractivity contribution in [2.75, 3.05) is 12.0 Å². The number of phenols is 1. The zero-order valence-electron chi connectivity index (χ0n) is 16.2. The molecule has 0 radical (unpaired) electrons. The van der Waals surface area contributed by atoms with Crippen molar-refractivity contribution < 1.29 is 14.6 Å². The summed E-state index contributed by atoms with van der Waals surface area (Å²) < 4.78 is 5.19. The second kappa shape index (κ2) is 7.64. The Morgan fingerprint density at radius 1 is 1.00 bits per heavy atom. The minimum Gasteiger partial charge on any atom is -0.508 e. The first-order valence-electron chi connectivity index (χ1n) is 9.20. The zero-order valence-corrected chi connectivity index (χ0v) is 16.2. The molecular formula is C24H20N2O3. The Hall–Kier alpha value is -3.86. The summed E-state index contributed by atoms with van der Waals surface area (Å²) in [5, 5.41) is 9.62. The fourth-order valence-electron chi connectivity index (χ4n) is 3.19. The van der Waals surface area contributed by atoms with E-state index in [4.69, 9.17) is 4.74 Å². The minimum absolute atomic E-state index is 0.142. The Kier molecular flexibility index (Phi) is 4.87. The van der Waals surface area contributed by atoms with Gasteiger partial charge in [-0.2, -0.15) is 0 Å². The maximum Gasteiger partial charge on any atom is 0.282 e. The van der Waals surface area contributed by atoms with E-state index in [0.717, 1.165) is 22.4 Å².